The molecule has 4 heteroatoms. The summed E-state index contributed by atoms with van der Waals surface area (Å²) >= 11 is 0. The van der Waals surface area contributed by atoms with Crippen molar-refractivity contribution in [2.45, 2.75) is 45.2 Å². The van der Waals surface area contributed by atoms with E-state index in [1.807, 2.05) is 6.07 Å². The van der Waals surface area contributed by atoms with Crippen molar-refractivity contribution in [2.75, 3.05) is 6.54 Å². The Morgan fingerprint density at radius 2 is 2.10 bits per heavy atom. The number of rotatable bonds is 5. The molecule has 1 saturated heterocycles. The first-order chi connectivity index (χ1) is 9.63. The second-order valence-electron chi connectivity index (χ2n) is 5.91. The van der Waals surface area contributed by atoms with Crippen LogP contribution in [0.15, 0.2) is 35.5 Å². The van der Waals surface area contributed by atoms with Gasteiger partial charge in [-0.1, -0.05) is 49.3 Å². The average Bonchev–Trinajstić information content (AvgIpc) is 2.94. The molecule has 0 aliphatic carbocycles. The van der Waals surface area contributed by atoms with Crippen LogP contribution in [-0.4, -0.2) is 28.5 Å². The van der Waals surface area contributed by atoms with Crippen LogP contribution in [-0.2, 0) is 0 Å². The Bertz CT molecular complexity index is 444. The molecule has 0 aromatic heterocycles. The molecule has 1 aromatic rings. The Hall–Kier alpha value is -1.55. The van der Waals surface area contributed by atoms with Gasteiger partial charge in [0.2, 0.25) is 0 Å². The van der Waals surface area contributed by atoms with Gasteiger partial charge < -0.3 is 10.9 Å². The van der Waals surface area contributed by atoms with Gasteiger partial charge >= 0.3 is 0 Å². The lowest BCUT2D eigenvalue weighted by atomic mass is 9.96. The molecule has 1 fully saturated rings. The highest BCUT2D eigenvalue weighted by Crippen LogP contribution is 2.34. The predicted molar refractivity (Wildman–Crippen MR) is 81.8 cm³/mol. The maximum atomic E-state index is 8.89. The van der Waals surface area contributed by atoms with Crippen LogP contribution in [0.2, 0.25) is 0 Å². The topological polar surface area (TPSA) is 61.8 Å². The Morgan fingerprint density at radius 3 is 2.70 bits per heavy atom. The van der Waals surface area contributed by atoms with Crippen molar-refractivity contribution >= 4 is 5.84 Å². The summed E-state index contributed by atoms with van der Waals surface area (Å²) in [6, 6.07) is 11.2. The molecule has 0 amide bonds. The molecular weight excluding hydrogens is 250 g/mol. The average molecular weight is 275 g/mol. The number of oxime groups is 1. The van der Waals surface area contributed by atoms with E-state index in [0.717, 1.165) is 6.54 Å². The van der Waals surface area contributed by atoms with Crippen LogP contribution < -0.4 is 5.73 Å². The normalized spacial score (nSPS) is 22.4. The molecule has 1 heterocycles. The highest BCUT2D eigenvalue weighted by Gasteiger charge is 2.33. The zero-order valence-electron chi connectivity index (χ0n) is 12.4. The summed E-state index contributed by atoms with van der Waals surface area (Å²) < 4.78 is 0. The third-order valence-corrected chi connectivity index (χ3v) is 4.23. The minimum atomic E-state index is 0.196. The second-order valence-corrected chi connectivity index (χ2v) is 5.91. The van der Waals surface area contributed by atoms with E-state index in [1.54, 1.807) is 0 Å². The van der Waals surface area contributed by atoms with E-state index in [-0.39, 0.29) is 6.04 Å². The first kappa shape index (κ1) is 14.9. The standard InChI is InChI=1S/C16H25N3O/c1-12(2)14-9-6-10-19(14)15(11-16(17)18-20)13-7-4-3-5-8-13/h3-5,7-8,12,14-15,20H,6,9-11H2,1-2H3,(H2,17,18). The van der Waals surface area contributed by atoms with Crippen LogP contribution >= 0.6 is 0 Å². The predicted octanol–water partition coefficient (Wildman–Crippen LogP) is 2.98. The molecule has 2 atom stereocenters. The molecular formula is C16H25N3O. The molecule has 0 saturated carbocycles. The first-order valence-corrected chi connectivity index (χ1v) is 7.40. The maximum Gasteiger partial charge on any atom is 0.141 e. The largest absolute Gasteiger partial charge is 0.409 e. The fraction of sp³-hybridized carbons (Fsp3) is 0.562. The van der Waals surface area contributed by atoms with E-state index in [4.69, 9.17) is 10.9 Å². The van der Waals surface area contributed by atoms with Gasteiger partial charge in [-0.2, -0.15) is 0 Å². The van der Waals surface area contributed by atoms with Gasteiger partial charge in [-0.3, -0.25) is 4.90 Å². The number of likely N-dealkylation sites (tertiary alicyclic amines) is 1. The summed E-state index contributed by atoms with van der Waals surface area (Å²) in [5.74, 6) is 0.921. The molecule has 1 aliphatic rings. The Morgan fingerprint density at radius 1 is 1.40 bits per heavy atom. The molecule has 1 aliphatic heterocycles. The van der Waals surface area contributed by atoms with Crippen molar-refractivity contribution in [3.63, 3.8) is 0 Å². The van der Waals surface area contributed by atoms with Gasteiger partial charge in [-0.25, -0.2) is 0 Å². The van der Waals surface area contributed by atoms with Gasteiger partial charge in [0.05, 0.1) is 0 Å². The molecule has 0 radical (unpaired) electrons. The lowest BCUT2D eigenvalue weighted by molar-refractivity contribution is 0.148. The third-order valence-electron chi connectivity index (χ3n) is 4.23. The smallest absolute Gasteiger partial charge is 0.141 e. The number of nitrogens with two attached hydrogens (primary N) is 1. The fourth-order valence-corrected chi connectivity index (χ4v) is 3.26. The molecule has 2 rings (SSSR count). The van der Waals surface area contributed by atoms with E-state index < -0.39 is 0 Å². The first-order valence-electron chi connectivity index (χ1n) is 7.40. The van der Waals surface area contributed by atoms with E-state index in [2.05, 4.69) is 48.2 Å². The molecule has 0 bridgehead atoms. The summed E-state index contributed by atoms with van der Waals surface area (Å²) in [5, 5.41) is 12.1. The number of hydrogen-bond donors (Lipinski definition) is 2. The van der Waals surface area contributed by atoms with Gasteiger partial charge in [0.25, 0.3) is 0 Å². The minimum absolute atomic E-state index is 0.196. The quantitative estimate of drug-likeness (QED) is 0.376. The number of nitrogens with zero attached hydrogens (tertiary/aromatic N) is 2. The summed E-state index contributed by atoms with van der Waals surface area (Å²) in [6.07, 6.45) is 3.03. The number of benzene rings is 1. The van der Waals surface area contributed by atoms with Gasteiger partial charge in [-0.15, -0.1) is 0 Å². The van der Waals surface area contributed by atoms with Crippen molar-refractivity contribution < 1.29 is 5.21 Å². The van der Waals surface area contributed by atoms with Crippen LogP contribution in [0.1, 0.15) is 44.7 Å². The van der Waals surface area contributed by atoms with Crippen LogP contribution in [0.3, 0.4) is 0 Å². The van der Waals surface area contributed by atoms with Crippen molar-refractivity contribution in [1.29, 1.82) is 0 Å². The summed E-state index contributed by atoms with van der Waals surface area (Å²) in [7, 11) is 0. The second kappa shape index (κ2) is 6.75. The number of amidine groups is 1. The lowest BCUT2D eigenvalue weighted by Gasteiger charge is -2.35. The fourth-order valence-electron chi connectivity index (χ4n) is 3.26. The Kier molecular flexibility index (Phi) is 5.01. The molecule has 110 valence electrons. The van der Waals surface area contributed by atoms with Gasteiger partial charge in [0.15, 0.2) is 0 Å². The highest BCUT2D eigenvalue weighted by atomic mass is 16.4. The molecule has 4 nitrogen and oxygen atoms in total. The van der Waals surface area contributed by atoms with E-state index in [9.17, 15) is 0 Å². The van der Waals surface area contributed by atoms with Crippen LogP contribution in [0.4, 0.5) is 0 Å². The summed E-state index contributed by atoms with van der Waals surface area (Å²) in [5.41, 5.74) is 7.02. The van der Waals surface area contributed by atoms with Gasteiger partial charge in [0, 0.05) is 18.5 Å². The summed E-state index contributed by atoms with van der Waals surface area (Å²) in [4.78, 5) is 2.53. The molecule has 2 unspecified atom stereocenters. The van der Waals surface area contributed by atoms with E-state index >= 15 is 0 Å². The maximum absolute atomic E-state index is 8.89. The van der Waals surface area contributed by atoms with Crippen molar-refractivity contribution in [3.8, 4) is 0 Å². The number of hydrogen-bond acceptors (Lipinski definition) is 3. The molecule has 0 spiro atoms. The van der Waals surface area contributed by atoms with E-state index in [0.29, 0.717) is 24.2 Å². The zero-order valence-corrected chi connectivity index (χ0v) is 12.4. The minimum Gasteiger partial charge on any atom is -0.409 e. The SMILES string of the molecule is CC(C)C1CCCN1C(CC(N)=NO)c1ccccc1. The van der Waals surface area contributed by atoms with Crippen molar-refractivity contribution in [1.82, 2.24) is 4.90 Å². The third kappa shape index (κ3) is 3.31. The Balaban J connectivity index is 2.26. The van der Waals surface area contributed by atoms with Gasteiger partial charge in [-0.05, 0) is 30.9 Å². The van der Waals surface area contributed by atoms with Crippen molar-refractivity contribution in [2.24, 2.45) is 16.8 Å². The molecule has 20 heavy (non-hydrogen) atoms. The summed E-state index contributed by atoms with van der Waals surface area (Å²) in [6.45, 7) is 5.63. The van der Waals surface area contributed by atoms with Gasteiger partial charge in [0.1, 0.15) is 5.84 Å². The Labute approximate surface area is 121 Å². The molecule has 1 aromatic carbocycles. The monoisotopic (exact) mass is 275 g/mol. The van der Waals surface area contributed by atoms with Crippen LogP contribution in [0, 0.1) is 5.92 Å². The van der Waals surface area contributed by atoms with Crippen LogP contribution in [0.25, 0.3) is 0 Å². The highest BCUT2D eigenvalue weighted by molar-refractivity contribution is 5.80. The molecule has 3 N–H and O–H groups in total. The van der Waals surface area contributed by atoms with Crippen LogP contribution in [0.5, 0.6) is 0 Å². The zero-order chi connectivity index (χ0) is 14.5. The van der Waals surface area contributed by atoms with E-state index in [1.165, 1.54) is 18.4 Å². The lowest BCUT2D eigenvalue weighted by Crippen LogP contribution is -2.38. The van der Waals surface area contributed by atoms with Crippen molar-refractivity contribution in [3.05, 3.63) is 35.9 Å².